The van der Waals surface area contributed by atoms with Crippen LogP contribution >= 0.6 is 11.6 Å². The van der Waals surface area contributed by atoms with Crippen LogP contribution in [0.1, 0.15) is 38.0 Å². The molecule has 1 N–H and O–H groups in total. The number of carbonyl (C=O) groups excluding carboxylic acids is 1. The molecule has 1 aromatic heterocycles. The van der Waals surface area contributed by atoms with E-state index in [1.54, 1.807) is 30.5 Å². The van der Waals surface area contributed by atoms with Crippen LogP contribution in [-0.2, 0) is 21.1 Å². The number of rotatable bonds is 7. The molecule has 0 aliphatic heterocycles. The van der Waals surface area contributed by atoms with Crippen molar-refractivity contribution in [3.63, 3.8) is 0 Å². The van der Waals surface area contributed by atoms with E-state index in [1.165, 1.54) is 6.07 Å². The van der Waals surface area contributed by atoms with Gasteiger partial charge in [0, 0.05) is 24.1 Å². The van der Waals surface area contributed by atoms with Crippen LogP contribution in [0.15, 0.2) is 64.0 Å². The van der Waals surface area contributed by atoms with E-state index in [-0.39, 0.29) is 22.5 Å². The first-order chi connectivity index (χ1) is 14.9. The van der Waals surface area contributed by atoms with E-state index in [9.17, 15) is 13.2 Å². The number of aryl methyl sites for hydroxylation is 1. The van der Waals surface area contributed by atoms with Crippen molar-refractivity contribution in [2.75, 3.05) is 5.32 Å². The van der Waals surface area contributed by atoms with E-state index in [0.29, 0.717) is 41.6 Å². The summed E-state index contributed by atoms with van der Waals surface area (Å²) in [4.78, 5) is 16.9. The molecule has 1 aliphatic rings. The van der Waals surface area contributed by atoms with Crippen molar-refractivity contribution in [1.29, 1.82) is 0 Å². The normalized spacial score (nSPS) is 14.6. The van der Waals surface area contributed by atoms with Gasteiger partial charge < -0.3 is 9.73 Å². The second-order valence-electron chi connectivity index (χ2n) is 7.63. The highest BCUT2D eigenvalue weighted by Gasteiger charge is 2.30. The van der Waals surface area contributed by atoms with E-state index in [4.69, 9.17) is 16.0 Å². The van der Waals surface area contributed by atoms with E-state index < -0.39 is 9.84 Å². The Balaban J connectivity index is 1.37. The summed E-state index contributed by atoms with van der Waals surface area (Å²) in [6.45, 7) is 0. The van der Waals surface area contributed by atoms with Crippen LogP contribution in [0.2, 0.25) is 5.02 Å². The number of aromatic nitrogens is 1. The molecule has 162 valence electrons. The fourth-order valence-corrected chi connectivity index (χ4v) is 5.92. The van der Waals surface area contributed by atoms with Crippen molar-refractivity contribution in [3.05, 3.63) is 65.6 Å². The third-order valence-corrected chi connectivity index (χ3v) is 8.04. The Morgan fingerprint density at radius 1 is 1.13 bits per heavy atom. The van der Waals surface area contributed by atoms with Crippen molar-refractivity contribution in [2.45, 2.75) is 48.7 Å². The monoisotopic (exact) mass is 458 g/mol. The number of nitrogens with one attached hydrogen (secondary N) is 1. The lowest BCUT2D eigenvalue weighted by Crippen LogP contribution is -2.18. The molecule has 0 radical (unpaired) electrons. The van der Waals surface area contributed by atoms with Gasteiger partial charge in [-0.2, -0.15) is 0 Å². The van der Waals surface area contributed by atoms with Crippen LogP contribution in [0, 0.1) is 0 Å². The molecule has 2 aromatic carbocycles. The Labute approximate surface area is 186 Å². The molecule has 31 heavy (non-hydrogen) atoms. The SMILES string of the molecule is O=C(CCc1ncc(-c2ccccc2Cl)o1)Nc1cccc(S(=O)(=O)C2CCCC2)c1. The highest BCUT2D eigenvalue weighted by Crippen LogP contribution is 2.31. The van der Waals surface area contributed by atoms with Crippen molar-refractivity contribution in [3.8, 4) is 11.3 Å². The van der Waals surface area contributed by atoms with Gasteiger partial charge in [-0.25, -0.2) is 13.4 Å². The molecule has 6 nitrogen and oxygen atoms in total. The fraction of sp³-hybridized carbons (Fsp3) is 0.304. The number of oxazole rings is 1. The van der Waals surface area contributed by atoms with E-state index in [0.717, 1.165) is 18.4 Å². The first kappa shape index (κ1) is 21.6. The molecule has 0 saturated heterocycles. The summed E-state index contributed by atoms with van der Waals surface area (Å²) in [6, 6.07) is 13.8. The standard InChI is InChI=1S/C23H23ClN2O4S/c24-20-11-4-3-10-19(20)21-15-25-23(30-21)13-12-22(27)26-16-6-5-9-18(14-16)31(28,29)17-7-1-2-8-17/h3-6,9-11,14-15,17H,1-2,7-8,12-13H2,(H,26,27). The lowest BCUT2D eigenvalue weighted by molar-refractivity contribution is -0.116. The number of nitrogens with zero attached hydrogens (tertiary/aromatic N) is 1. The van der Waals surface area contributed by atoms with Gasteiger partial charge in [0.15, 0.2) is 21.5 Å². The van der Waals surface area contributed by atoms with Crippen molar-refractivity contribution >= 4 is 33.0 Å². The highest BCUT2D eigenvalue weighted by molar-refractivity contribution is 7.92. The van der Waals surface area contributed by atoms with Crippen molar-refractivity contribution in [1.82, 2.24) is 4.98 Å². The number of anilines is 1. The minimum absolute atomic E-state index is 0.155. The molecular weight excluding hydrogens is 436 g/mol. The summed E-state index contributed by atoms with van der Waals surface area (Å²) < 4.78 is 31.3. The molecule has 3 aromatic rings. The lowest BCUT2D eigenvalue weighted by Gasteiger charge is -2.12. The van der Waals surface area contributed by atoms with Gasteiger partial charge in [0.25, 0.3) is 0 Å². The predicted molar refractivity (Wildman–Crippen MR) is 120 cm³/mol. The Kier molecular flexibility index (Phi) is 6.43. The Hall–Kier alpha value is -2.64. The largest absolute Gasteiger partial charge is 0.441 e. The zero-order valence-corrected chi connectivity index (χ0v) is 18.5. The van der Waals surface area contributed by atoms with Crippen LogP contribution in [0.3, 0.4) is 0 Å². The Morgan fingerprint density at radius 2 is 1.90 bits per heavy atom. The Bertz CT molecular complexity index is 1180. The molecule has 1 heterocycles. The molecule has 0 unspecified atom stereocenters. The van der Waals surface area contributed by atoms with E-state index in [1.807, 2.05) is 18.2 Å². The second-order valence-corrected chi connectivity index (χ2v) is 10.3. The zero-order valence-electron chi connectivity index (χ0n) is 16.9. The average molecular weight is 459 g/mol. The van der Waals surface area contributed by atoms with Crippen molar-refractivity contribution < 1.29 is 17.6 Å². The van der Waals surface area contributed by atoms with Crippen LogP contribution in [-0.4, -0.2) is 24.6 Å². The number of amides is 1. The molecule has 1 amide bonds. The van der Waals surface area contributed by atoms with Gasteiger partial charge in [0.05, 0.1) is 21.4 Å². The van der Waals surface area contributed by atoms with Crippen LogP contribution in [0.4, 0.5) is 5.69 Å². The maximum atomic E-state index is 12.8. The van der Waals surface area contributed by atoms with Gasteiger partial charge in [-0.15, -0.1) is 0 Å². The zero-order chi connectivity index (χ0) is 21.8. The third-order valence-electron chi connectivity index (χ3n) is 5.45. The number of carbonyl (C=O) groups is 1. The van der Waals surface area contributed by atoms with Gasteiger partial charge in [0.1, 0.15) is 0 Å². The lowest BCUT2D eigenvalue weighted by atomic mass is 10.2. The number of benzene rings is 2. The third kappa shape index (κ3) is 4.99. The maximum absolute atomic E-state index is 12.8. The molecule has 0 atom stereocenters. The molecular formula is C23H23ClN2O4S. The summed E-state index contributed by atoms with van der Waals surface area (Å²) >= 11 is 6.18. The molecule has 1 saturated carbocycles. The molecule has 8 heteroatoms. The Morgan fingerprint density at radius 3 is 2.68 bits per heavy atom. The van der Waals surface area contributed by atoms with Gasteiger partial charge in [-0.05, 0) is 43.2 Å². The van der Waals surface area contributed by atoms with Crippen LogP contribution in [0.5, 0.6) is 0 Å². The smallest absolute Gasteiger partial charge is 0.224 e. The minimum atomic E-state index is -3.37. The van der Waals surface area contributed by atoms with Gasteiger partial charge in [-0.3, -0.25) is 4.79 Å². The molecule has 0 bridgehead atoms. The number of halogens is 1. The first-order valence-electron chi connectivity index (χ1n) is 10.3. The summed E-state index contributed by atoms with van der Waals surface area (Å²) in [5.41, 5.74) is 1.21. The summed E-state index contributed by atoms with van der Waals surface area (Å²) in [6.07, 6.45) is 5.35. The summed E-state index contributed by atoms with van der Waals surface area (Å²) in [7, 11) is -3.37. The highest BCUT2D eigenvalue weighted by atomic mass is 35.5. The van der Waals surface area contributed by atoms with Crippen LogP contribution < -0.4 is 5.32 Å². The first-order valence-corrected chi connectivity index (χ1v) is 12.2. The quantitative estimate of drug-likeness (QED) is 0.520. The number of hydrogen-bond donors (Lipinski definition) is 1. The molecule has 1 fully saturated rings. The summed E-state index contributed by atoms with van der Waals surface area (Å²) in [5, 5.41) is 3.01. The predicted octanol–water partition coefficient (Wildman–Crippen LogP) is 5.28. The molecule has 1 aliphatic carbocycles. The summed E-state index contributed by atoms with van der Waals surface area (Å²) in [5.74, 6) is 0.737. The second kappa shape index (κ2) is 9.24. The van der Waals surface area contributed by atoms with Crippen molar-refractivity contribution in [2.24, 2.45) is 0 Å². The number of sulfone groups is 1. The average Bonchev–Trinajstić information content (AvgIpc) is 3.46. The van der Waals surface area contributed by atoms with Gasteiger partial charge >= 0.3 is 0 Å². The number of hydrogen-bond acceptors (Lipinski definition) is 5. The van der Waals surface area contributed by atoms with Gasteiger partial charge in [0.2, 0.25) is 5.91 Å². The molecule has 4 rings (SSSR count). The van der Waals surface area contributed by atoms with E-state index in [2.05, 4.69) is 10.3 Å². The fourth-order valence-electron chi connectivity index (χ4n) is 3.80. The topological polar surface area (TPSA) is 89.3 Å². The van der Waals surface area contributed by atoms with Gasteiger partial charge in [-0.1, -0.05) is 42.6 Å². The molecule has 0 spiro atoms. The maximum Gasteiger partial charge on any atom is 0.224 e. The minimum Gasteiger partial charge on any atom is -0.441 e. The van der Waals surface area contributed by atoms with E-state index >= 15 is 0 Å². The van der Waals surface area contributed by atoms with Crippen LogP contribution in [0.25, 0.3) is 11.3 Å².